The highest BCUT2D eigenvalue weighted by molar-refractivity contribution is 7.89. The van der Waals surface area contributed by atoms with Gasteiger partial charge in [-0.25, -0.2) is 12.7 Å². The van der Waals surface area contributed by atoms with Gasteiger partial charge in [-0.3, -0.25) is 9.59 Å². The van der Waals surface area contributed by atoms with Gasteiger partial charge in [-0.05, 0) is 31.9 Å². The molecule has 0 bridgehead atoms. The number of nitrogens with one attached hydrogen (secondary N) is 1. The Labute approximate surface area is 161 Å². The number of ether oxygens (including phenoxy) is 1. The lowest BCUT2D eigenvalue weighted by molar-refractivity contribution is -0.152. The minimum Gasteiger partial charge on any atom is -0.455 e. The first-order chi connectivity index (χ1) is 12.9. The topological polar surface area (TPSA) is 119 Å². The molecule has 1 aliphatic rings. The molecule has 2 heterocycles. The lowest BCUT2D eigenvalue weighted by Crippen LogP contribution is -2.41. The van der Waals surface area contributed by atoms with Gasteiger partial charge in [0.15, 0.2) is 6.61 Å². The minimum absolute atomic E-state index is 0.0452. The van der Waals surface area contributed by atoms with Crippen LogP contribution in [0.1, 0.15) is 19.8 Å². The van der Waals surface area contributed by atoms with Gasteiger partial charge in [0.25, 0.3) is 5.91 Å². The number of amides is 1. The Kier molecular flexibility index (Phi) is 6.02. The van der Waals surface area contributed by atoms with Gasteiger partial charge in [-0.2, -0.15) is 8.75 Å². The molecule has 11 heteroatoms. The molecular weight excluding hydrogens is 392 g/mol. The number of benzene rings is 1. The summed E-state index contributed by atoms with van der Waals surface area (Å²) in [4.78, 5) is 24.2. The van der Waals surface area contributed by atoms with Gasteiger partial charge >= 0.3 is 5.97 Å². The Morgan fingerprint density at radius 1 is 1.30 bits per heavy atom. The molecule has 1 amide bonds. The molecule has 1 N–H and O–H groups in total. The fraction of sp³-hybridized carbons (Fsp3) is 0.500. The Morgan fingerprint density at radius 2 is 2.04 bits per heavy atom. The van der Waals surface area contributed by atoms with Crippen LogP contribution >= 0.6 is 11.7 Å². The van der Waals surface area contributed by atoms with E-state index in [9.17, 15) is 18.0 Å². The largest absolute Gasteiger partial charge is 0.455 e. The summed E-state index contributed by atoms with van der Waals surface area (Å²) >= 11 is 1.05. The van der Waals surface area contributed by atoms with Crippen LogP contribution in [0.25, 0.3) is 11.0 Å². The molecule has 1 aliphatic heterocycles. The third-order valence-corrected chi connectivity index (χ3v) is 6.88. The van der Waals surface area contributed by atoms with Crippen molar-refractivity contribution >= 4 is 50.3 Å². The summed E-state index contributed by atoms with van der Waals surface area (Å²) in [6, 6.07) is 5.25. The van der Waals surface area contributed by atoms with E-state index in [4.69, 9.17) is 4.74 Å². The first kappa shape index (κ1) is 19.6. The van der Waals surface area contributed by atoms with Crippen molar-refractivity contribution in [3.05, 3.63) is 18.2 Å². The maximum Gasteiger partial charge on any atom is 0.309 e. The third-order valence-electron chi connectivity index (χ3n) is 4.45. The molecule has 1 aromatic carbocycles. The maximum atomic E-state index is 12.2. The van der Waals surface area contributed by atoms with E-state index in [-0.39, 0.29) is 5.75 Å². The molecule has 27 heavy (non-hydrogen) atoms. The van der Waals surface area contributed by atoms with Crippen LogP contribution in [-0.2, 0) is 24.3 Å². The number of esters is 1. The Hall–Kier alpha value is -2.11. The molecule has 1 aromatic heterocycles. The number of fused-ring (bicyclic) bond motifs is 1. The summed E-state index contributed by atoms with van der Waals surface area (Å²) in [5.74, 6) is -1.29. The Balaban J connectivity index is 1.48. The predicted octanol–water partition coefficient (Wildman–Crippen LogP) is 1.23. The number of hydrogen-bond donors (Lipinski definition) is 1. The number of carbonyl (C=O) groups is 2. The van der Waals surface area contributed by atoms with Crippen molar-refractivity contribution in [2.75, 3.05) is 30.8 Å². The number of piperidine rings is 1. The second-order valence-corrected chi connectivity index (χ2v) is 8.95. The number of rotatable bonds is 6. The van der Waals surface area contributed by atoms with E-state index in [1.54, 1.807) is 25.1 Å². The van der Waals surface area contributed by atoms with Crippen LogP contribution in [0.15, 0.2) is 18.2 Å². The summed E-state index contributed by atoms with van der Waals surface area (Å²) in [6.07, 6.45) is 0.785. The molecule has 0 atom stereocenters. The standard InChI is InChI=1S/C16H20N4O5S2/c1-2-27(23,24)20-8-6-11(7-9-20)16(22)25-10-14(21)17-12-4-3-5-13-15(12)19-26-18-13/h3-5,11H,2,6-10H2,1H3,(H,17,21). The van der Waals surface area contributed by atoms with Crippen LogP contribution in [0.2, 0.25) is 0 Å². The van der Waals surface area contributed by atoms with E-state index in [1.807, 2.05) is 0 Å². The highest BCUT2D eigenvalue weighted by atomic mass is 32.2. The van der Waals surface area contributed by atoms with E-state index >= 15 is 0 Å². The SMILES string of the molecule is CCS(=O)(=O)N1CCC(C(=O)OCC(=O)Nc2cccc3nsnc23)CC1. The van der Waals surface area contributed by atoms with Crippen LogP contribution in [0, 0.1) is 5.92 Å². The number of sulfonamides is 1. The average molecular weight is 412 g/mol. The number of aromatic nitrogens is 2. The summed E-state index contributed by atoms with van der Waals surface area (Å²) in [5, 5.41) is 2.66. The van der Waals surface area contributed by atoms with E-state index in [2.05, 4.69) is 14.1 Å². The molecule has 0 aliphatic carbocycles. The fourth-order valence-electron chi connectivity index (χ4n) is 2.90. The number of nitrogens with zero attached hydrogens (tertiary/aromatic N) is 3. The van der Waals surface area contributed by atoms with Gasteiger partial charge in [-0.15, -0.1) is 0 Å². The molecule has 0 unspecified atom stereocenters. The molecule has 0 spiro atoms. The van der Waals surface area contributed by atoms with Crippen LogP contribution in [0.3, 0.4) is 0 Å². The normalized spacial score (nSPS) is 16.3. The molecule has 9 nitrogen and oxygen atoms in total. The molecule has 1 fully saturated rings. The second-order valence-electron chi connectivity index (χ2n) is 6.17. The van der Waals surface area contributed by atoms with Crippen molar-refractivity contribution < 1.29 is 22.7 Å². The van der Waals surface area contributed by atoms with Gasteiger partial charge < -0.3 is 10.1 Å². The predicted molar refractivity (Wildman–Crippen MR) is 101 cm³/mol. The van der Waals surface area contributed by atoms with Gasteiger partial charge in [0.05, 0.1) is 29.1 Å². The maximum absolute atomic E-state index is 12.2. The zero-order chi connectivity index (χ0) is 19.4. The van der Waals surface area contributed by atoms with Gasteiger partial charge in [-0.1, -0.05) is 6.07 Å². The van der Waals surface area contributed by atoms with Crippen LogP contribution < -0.4 is 5.32 Å². The lowest BCUT2D eigenvalue weighted by Gasteiger charge is -2.29. The average Bonchev–Trinajstić information content (AvgIpc) is 3.16. The molecule has 0 saturated carbocycles. The number of hydrogen-bond acceptors (Lipinski definition) is 8. The highest BCUT2D eigenvalue weighted by Gasteiger charge is 2.31. The quantitative estimate of drug-likeness (QED) is 0.709. The molecule has 3 rings (SSSR count). The van der Waals surface area contributed by atoms with E-state index in [0.29, 0.717) is 42.7 Å². The molecule has 1 saturated heterocycles. The van der Waals surface area contributed by atoms with Crippen LogP contribution in [0.5, 0.6) is 0 Å². The molecule has 0 radical (unpaired) electrons. The molecule has 146 valence electrons. The van der Waals surface area contributed by atoms with Gasteiger partial charge in [0.2, 0.25) is 10.0 Å². The van der Waals surface area contributed by atoms with E-state index in [1.165, 1.54) is 4.31 Å². The van der Waals surface area contributed by atoms with Crippen molar-refractivity contribution in [1.29, 1.82) is 0 Å². The van der Waals surface area contributed by atoms with Crippen molar-refractivity contribution in [2.24, 2.45) is 5.92 Å². The van der Waals surface area contributed by atoms with E-state index < -0.39 is 34.4 Å². The smallest absolute Gasteiger partial charge is 0.309 e. The van der Waals surface area contributed by atoms with Crippen molar-refractivity contribution in [1.82, 2.24) is 13.1 Å². The summed E-state index contributed by atoms with van der Waals surface area (Å²) in [6.45, 7) is 1.78. The van der Waals surface area contributed by atoms with E-state index in [0.717, 1.165) is 11.7 Å². The van der Waals surface area contributed by atoms with Crippen molar-refractivity contribution in [3.63, 3.8) is 0 Å². The van der Waals surface area contributed by atoms with Crippen molar-refractivity contribution in [2.45, 2.75) is 19.8 Å². The zero-order valence-corrected chi connectivity index (χ0v) is 16.4. The summed E-state index contributed by atoms with van der Waals surface area (Å²) in [7, 11) is -3.24. The van der Waals surface area contributed by atoms with Gasteiger partial charge in [0.1, 0.15) is 11.0 Å². The fourth-order valence-corrected chi connectivity index (χ4v) is 4.58. The third kappa shape index (κ3) is 4.60. The van der Waals surface area contributed by atoms with Crippen molar-refractivity contribution in [3.8, 4) is 0 Å². The first-order valence-corrected chi connectivity index (χ1v) is 10.9. The molecular formula is C16H20N4O5S2. The van der Waals surface area contributed by atoms with Crippen LogP contribution in [0.4, 0.5) is 5.69 Å². The number of anilines is 1. The Morgan fingerprint density at radius 3 is 2.74 bits per heavy atom. The monoisotopic (exact) mass is 412 g/mol. The van der Waals surface area contributed by atoms with Crippen LogP contribution in [-0.4, -0.2) is 58.8 Å². The zero-order valence-electron chi connectivity index (χ0n) is 14.8. The summed E-state index contributed by atoms with van der Waals surface area (Å²) < 4.78 is 38.4. The lowest BCUT2D eigenvalue weighted by atomic mass is 9.98. The first-order valence-electron chi connectivity index (χ1n) is 8.56. The highest BCUT2D eigenvalue weighted by Crippen LogP contribution is 2.22. The minimum atomic E-state index is -3.24. The number of carbonyl (C=O) groups excluding carboxylic acids is 2. The summed E-state index contributed by atoms with van der Waals surface area (Å²) in [5.41, 5.74) is 1.79. The Bertz CT molecular complexity index is 935. The van der Waals surface area contributed by atoms with Gasteiger partial charge in [0, 0.05) is 13.1 Å². The second kappa shape index (κ2) is 8.28. The molecule has 2 aromatic rings.